The zero-order chi connectivity index (χ0) is 11.8. The number of aryl methyl sites for hydroxylation is 1. The predicted molar refractivity (Wildman–Crippen MR) is 66.2 cm³/mol. The van der Waals surface area contributed by atoms with Crippen LogP contribution in [0.1, 0.15) is 49.1 Å². The zero-order valence-corrected chi connectivity index (χ0v) is 10.7. The van der Waals surface area contributed by atoms with Gasteiger partial charge in [-0.2, -0.15) is 0 Å². The van der Waals surface area contributed by atoms with E-state index in [9.17, 15) is 4.79 Å². The third kappa shape index (κ3) is 2.14. The molecule has 0 bridgehead atoms. The molecule has 1 heterocycles. The van der Waals surface area contributed by atoms with Crippen molar-refractivity contribution in [3.05, 3.63) is 21.4 Å². The van der Waals surface area contributed by atoms with E-state index in [4.69, 9.17) is 5.11 Å². The highest BCUT2D eigenvalue weighted by atomic mass is 32.1. The maximum Gasteiger partial charge on any atom is 0.304 e. The number of fused-ring (bicyclic) bond motifs is 1. The van der Waals surface area contributed by atoms with Crippen molar-refractivity contribution in [3.63, 3.8) is 0 Å². The molecule has 1 N–H and O–H groups in total. The first-order chi connectivity index (χ1) is 7.50. The molecule has 0 amide bonds. The van der Waals surface area contributed by atoms with Gasteiger partial charge in [-0.25, -0.2) is 0 Å². The van der Waals surface area contributed by atoms with Crippen LogP contribution in [-0.4, -0.2) is 11.1 Å². The van der Waals surface area contributed by atoms with E-state index in [0.717, 1.165) is 6.42 Å². The van der Waals surface area contributed by atoms with Crippen molar-refractivity contribution in [1.29, 1.82) is 0 Å². The highest BCUT2D eigenvalue weighted by Crippen LogP contribution is 2.38. The molecule has 0 aliphatic heterocycles. The lowest BCUT2D eigenvalue weighted by Gasteiger charge is -2.25. The van der Waals surface area contributed by atoms with Gasteiger partial charge in [0.25, 0.3) is 0 Å². The van der Waals surface area contributed by atoms with Crippen LogP contribution in [0.4, 0.5) is 0 Å². The summed E-state index contributed by atoms with van der Waals surface area (Å²) >= 11 is 1.81. The van der Waals surface area contributed by atoms with Gasteiger partial charge in [0.15, 0.2) is 0 Å². The molecule has 2 nitrogen and oxygen atoms in total. The van der Waals surface area contributed by atoms with Gasteiger partial charge in [0.2, 0.25) is 0 Å². The lowest BCUT2D eigenvalue weighted by atomic mass is 9.78. The molecule has 0 fully saturated rings. The van der Waals surface area contributed by atoms with Crippen LogP contribution in [0, 0.1) is 0 Å². The van der Waals surface area contributed by atoms with E-state index in [1.165, 1.54) is 35.3 Å². The molecule has 16 heavy (non-hydrogen) atoms. The molecule has 1 aromatic heterocycles. The first-order valence-electron chi connectivity index (χ1n) is 5.82. The van der Waals surface area contributed by atoms with Gasteiger partial charge in [-0.1, -0.05) is 13.8 Å². The molecule has 0 saturated heterocycles. The average Bonchev–Trinajstić information content (AvgIpc) is 2.59. The second-order valence-corrected chi connectivity index (χ2v) is 6.18. The Morgan fingerprint density at radius 1 is 1.44 bits per heavy atom. The summed E-state index contributed by atoms with van der Waals surface area (Å²) in [5.74, 6) is -0.708. The van der Waals surface area contributed by atoms with Crippen LogP contribution >= 0.6 is 11.3 Å². The summed E-state index contributed by atoms with van der Waals surface area (Å²) in [6.07, 6.45) is 5.07. The number of hydrogen-bond donors (Lipinski definition) is 1. The minimum absolute atomic E-state index is 0.218. The number of carboxylic acids is 1. The Labute approximate surface area is 100 Å². The maximum atomic E-state index is 10.9. The van der Waals surface area contributed by atoms with Crippen LogP contribution in [0.25, 0.3) is 0 Å². The van der Waals surface area contributed by atoms with Gasteiger partial charge in [0, 0.05) is 10.3 Å². The normalized spacial score (nSPS) is 15.9. The predicted octanol–water partition coefficient (Wildman–Crippen LogP) is 3.38. The summed E-state index contributed by atoms with van der Waals surface area (Å²) in [5, 5.41) is 11.1. The first kappa shape index (κ1) is 11.6. The summed E-state index contributed by atoms with van der Waals surface area (Å²) in [4.78, 5) is 12.4. The monoisotopic (exact) mass is 238 g/mol. The number of hydrogen-bond acceptors (Lipinski definition) is 2. The van der Waals surface area contributed by atoms with Gasteiger partial charge in [-0.05, 0) is 42.2 Å². The molecule has 1 aromatic rings. The van der Waals surface area contributed by atoms with Gasteiger partial charge in [0.1, 0.15) is 0 Å². The van der Waals surface area contributed by atoms with Crippen molar-refractivity contribution in [1.82, 2.24) is 0 Å². The molecule has 0 unspecified atom stereocenters. The molecule has 0 saturated carbocycles. The minimum atomic E-state index is -0.708. The fourth-order valence-electron chi connectivity index (χ4n) is 2.54. The van der Waals surface area contributed by atoms with Crippen molar-refractivity contribution in [2.45, 2.75) is 51.4 Å². The summed E-state index contributed by atoms with van der Waals surface area (Å²) in [5.41, 5.74) is 2.49. The van der Waals surface area contributed by atoms with Crippen molar-refractivity contribution in [3.8, 4) is 0 Å². The van der Waals surface area contributed by atoms with Crippen LogP contribution in [0.5, 0.6) is 0 Å². The Bertz CT molecular complexity index is 404. The van der Waals surface area contributed by atoms with Crippen molar-refractivity contribution >= 4 is 17.3 Å². The van der Waals surface area contributed by atoms with E-state index in [2.05, 4.69) is 5.38 Å². The SMILES string of the molecule is CC(C)(CC(=O)O)c1csc2c1CCCC2. The van der Waals surface area contributed by atoms with Crippen LogP contribution in [-0.2, 0) is 23.1 Å². The van der Waals surface area contributed by atoms with Gasteiger partial charge in [0.05, 0.1) is 6.42 Å². The van der Waals surface area contributed by atoms with Crippen molar-refractivity contribution in [2.75, 3.05) is 0 Å². The highest BCUT2D eigenvalue weighted by molar-refractivity contribution is 7.10. The Balaban J connectivity index is 2.32. The minimum Gasteiger partial charge on any atom is -0.481 e. The molecular weight excluding hydrogens is 220 g/mol. The van der Waals surface area contributed by atoms with Crippen LogP contribution in [0.2, 0.25) is 0 Å². The highest BCUT2D eigenvalue weighted by Gasteiger charge is 2.29. The Hall–Kier alpha value is -0.830. The maximum absolute atomic E-state index is 10.9. The average molecular weight is 238 g/mol. The van der Waals surface area contributed by atoms with Gasteiger partial charge in [-0.3, -0.25) is 4.79 Å². The molecule has 1 aliphatic carbocycles. The number of rotatable bonds is 3. The smallest absolute Gasteiger partial charge is 0.304 e. The van der Waals surface area contributed by atoms with Gasteiger partial charge < -0.3 is 5.11 Å². The second kappa shape index (κ2) is 4.21. The lowest BCUT2D eigenvalue weighted by molar-refractivity contribution is -0.138. The fourth-order valence-corrected chi connectivity index (χ4v) is 3.87. The van der Waals surface area contributed by atoms with Crippen LogP contribution in [0.15, 0.2) is 5.38 Å². The zero-order valence-electron chi connectivity index (χ0n) is 9.88. The largest absolute Gasteiger partial charge is 0.481 e. The number of thiophene rings is 1. The number of aliphatic carboxylic acids is 1. The van der Waals surface area contributed by atoms with E-state index < -0.39 is 5.97 Å². The first-order valence-corrected chi connectivity index (χ1v) is 6.70. The molecular formula is C13H18O2S. The standard InChI is InChI=1S/C13H18O2S/c1-13(2,7-12(14)15)10-8-16-11-6-4-3-5-9(10)11/h8H,3-7H2,1-2H3,(H,14,15). The Morgan fingerprint density at radius 2 is 2.12 bits per heavy atom. The molecule has 2 rings (SSSR count). The third-order valence-corrected chi connectivity index (χ3v) is 4.47. The van der Waals surface area contributed by atoms with Crippen molar-refractivity contribution < 1.29 is 9.90 Å². The molecule has 0 spiro atoms. The number of carbonyl (C=O) groups is 1. The summed E-state index contributed by atoms with van der Waals surface area (Å²) in [6, 6.07) is 0. The van der Waals surface area contributed by atoms with Gasteiger partial charge >= 0.3 is 5.97 Å². The molecule has 88 valence electrons. The van der Waals surface area contributed by atoms with E-state index in [1.54, 1.807) is 0 Å². The third-order valence-electron chi connectivity index (χ3n) is 3.38. The van der Waals surface area contributed by atoms with Crippen LogP contribution in [0.3, 0.4) is 0 Å². The second-order valence-electron chi connectivity index (χ2n) is 5.21. The molecule has 3 heteroatoms. The Kier molecular flexibility index (Phi) is 3.06. The summed E-state index contributed by atoms with van der Waals surface area (Å²) in [6.45, 7) is 4.08. The molecule has 0 radical (unpaired) electrons. The summed E-state index contributed by atoms with van der Waals surface area (Å²) < 4.78 is 0. The molecule has 1 aliphatic rings. The van der Waals surface area contributed by atoms with Gasteiger partial charge in [-0.15, -0.1) is 11.3 Å². The van der Waals surface area contributed by atoms with E-state index >= 15 is 0 Å². The van der Waals surface area contributed by atoms with E-state index in [1.807, 2.05) is 25.2 Å². The molecule has 0 aromatic carbocycles. The topological polar surface area (TPSA) is 37.3 Å². The quantitative estimate of drug-likeness (QED) is 0.876. The Morgan fingerprint density at radius 3 is 2.81 bits per heavy atom. The lowest BCUT2D eigenvalue weighted by Crippen LogP contribution is -2.23. The molecule has 0 atom stereocenters. The summed E-state index contributed by atoms with van der Waals surface area (Å²) in [7, 11) is 0. The van der Waals surface area contributed by atoms with Crippen LogP contribution < -0.4 is 0 Å². The van der Waals surface area contributed by atoms with E-state index in [-0.39, 0.29) is 11.8 Å². The van der Waals surface area contributed by atoms with E-state index in [0.29, 0.717) is 0 Å². The fraction of sp³-hybridized carbons (Fsp3) is 0.615. The number of carboxylic acid groups (broad SMARTS) is 1. The van der Waals surface area contributed by atoms with Crippen molar-refractivity contribution in [2.24, 2.45) is 0 Å².